The predicted molar refractivity (Wildman–Crippen MR) is 118 cm³/mol. The Kier molecular flexibility index (Phi) is 4.67. The summed E-state index contributed by atoms with van der Waals surface area (Å²) >= 11 is 0. The fraction of sp³-hybridized carbons (Fsp3) is 0.208. The molecular formula is C24H23N5O. The third kappa shape index (κ3) is 3.41. The Hall–Kier alpha value is -3.67. The lowest BCUT2D eigenvalue weighted by molar-refractivity contribution is 0.102. The summed E-state index contributed by atoms with van der Waals surface area (Å²) in [5.74, 6) is 0.285. The van der Waals surface area contributed by atoms with Crippen molar-refractivity contribution < 1.29 is 4.79 Å². The van der Waals surface area contributed by atoms with E-state index in [1.807, 2.05) is 72.2 Å². The lowest BCUT2D eigenvalue weighted by Crippen LogP contribution is -2.15. The van der Waals surface area contributed by atoms with E-state index in [0.29, 0.717) is 17.0 Å². The molecule has 0 atom stereocenters. The lowest BCUT2D eigenvalue weighted by atomic mass is 9.97. The van der Waals surface area contributed by atoms with Crippen molar-refractivity contribution >= 4 is 28.7 Å². The van der Waals surface area contributed by atoms with E-state index in [2.05, 4.69) is 15.6 Å². The molecule has 0 aliphatic heterocycles. The second-order valence-corrected chi connectivity index (χ2v) is 7.71. The molecule has 30 heavy (non-hydrogen) atoms. The second-order valence-electron chi connectivity index (χ2n) is 7.71. The van der Waals surface area contributed by atoms with E-state index < -0.39 is 0 Å². The summed E-state index contributed by atoms with van der Waals surface area (Å²) < 4.78 is 1.85. The van der Waals surface area contributed by atoms with E-state index >= 15 is 0 Å². The van der Waals surface area contributed by atoms with Gasteiger partial charge in [0, 0.05) is 23.3 Å². The molecule has 0 bridgehead atoms. The van der Waals surface area contributed by atoms with E-state index in [0.717, 1.165) is 48.3 Å². The van der Waals surface area contributed by atoms with Gasteiger partial charge in [0.2, 0.25) is 0 Å². The summed E-state index contributed by atoms with van der Waals surface area (Å²) in [4.78, 5) is 17.9. The number of hydrogen-bond acceptors (Lipinski definition) is 4. The van der Waals surface area contributed by atoms with Crippen LogP contribution in [0.3, 0.4) is 0 Å². The van der Waals surface area contributed by atoms with Gasteiger partial charge in [-0.25, -0.2) is 9.50 Å². The Bertz CT molecular complexity index is 1210. The van der Waals surface area contributed by atoms with Crippen LogP contribution in [0.25, 0.3) is 5.65 Å². The van der Waals surface area contributed by atoms with Gasteiger partial charge in [-0.1, -0.05) is 35.9 Å². The zero-order chi connectivity index (χ0) is 20.5. The molecule has 0 saturated carbocycles. The maximum Gasteiger partial charge on any atom is 0.263 e. The number of benzene rings is 2. The molecule has 0 spiro atoms. The van der Waals surface area contributed by atoms with E-state index in [4.69, 9.17) is 5.10 Å². The number of aryl methyl sites for hydroxylation is 3. The van der Waals surface area contributed by atoms with Crippen LogP contribution in [0.1, 0.15) is 40.0 Å². The number of carbonyl (C=O) groups excluding carboxylic acids is 1. The third-order valence-corrected chi connectivity index (χ3v) is 5.51. The highest BCUT2D eigenvalue weighted by molar-refractivity contribution is 6.12. The number of anilines is 3. The number of nitrogens with one attached hydrogen (secondary N) is 2. The first-order valence-corrected chi connectivity index (χ1v) is 10.3. The molecular weight excluding hydrogens is 374 g/mol. The molecule has 0 radical (unpaired) electrons. The molecule has 4 aromatic rings. The zero-order valence-corrected chi connectivity index (χ0v) is 16.9. The van der Waals surface area contributed by atoms with Gasteiger partial charge in [0.1, 0.15) is 5.56 Å². The van der Waals surface area contributed by atoms with Crippen LogP contribution in [0.5, 0.6) is 0 Å². The summed E-state index contributed by atoms with van der Waals surface area (Å²) in [6, 6.07) is 17.5. The van der Waals surface area contributed by atoms with Crippen molar-refractivity contribution in [1.29, 1.82) is 0 Å². The van der Waals surface area contributed by atoms with Gasteiger partial charge < -0.3 is 10.6 Å². The molecule has 150 valence electrons. The van der Waals surface area contributed by atoms with E-state index in [1.54, 1.807) is 0 Å². The normalized spacial score (nSPS) is 13.1. The van der Waals surface area contributed by atoms with Crippen LogP contribution in [0.15, 0.2) is 60.8 Å². The van der Waals surface area contributed by atoms with Gasteiger partial charge in [0.05, 0.1) is 0 Å². The van der Waals surface area contributed by atoms with Gasteiger partial charge in [-0.2, -0.15) is 0 Å². The monoisotopic (exact) mass is 397 g/mol. The topological polar surface area (TPSA) is 71.3 Å². The van der Waals surface area contributed by atoms with Gasteiger partial charge >= 0.3 is 0 Å². The summed E-state index contributed by atoms with van der Waals surface area (Å²) in [7, 11) is 0. The number of rotatable bonds is 4. The largest absolute Gasteiger partial charge is 0.338 e. The Balaban J connectivity index is 1.60. The van der Waals surface area contributed by atoms with Crippen molar-refractivity contribution in [3.8, 4) is 0 Å². The molecule has 2 N–H and O–H groups in total. The molecule has 0 saturated heterocycles. The molecule has 1 amide bonds. The van der Waals surface area contributed by atoms with E-state index in [9.17, 15) is 4.79 Å². The SMILES string of the molecule is Cc1ccc(NC(=O)c2c(Nc3ccccc3)nn3c4c(cnc23)CCCC4)cc1. The average molecular weight is 397 g/mol. The van der Waals surface area contributed by atoms with Crippen LogP contribution in [-0.2, 0) is 12.8 Å². The van der Waals surface area contributed by atoms with Crippen LogP contribution in [0.2, 0.25) is 0 Å². The number of aromatic nitrogens is 3. The van der Waals surface area contributed by atoms with E-state index in [-0.39, 0.29) is 5.91 Å². The molecule has 0 unspecified atom stereocenters. The minimum atomic E-state index is -0.226. The number of nitrogens with zero attached hydrogens (tertiary/aromatic N) is 3. The van der Waals surface area contributed by atoms with Gasteiger partial charge in [-0.15, -0.1) is 5.10 Å². The molecule has 1 aliphatic rings. The minimum absolute atomic E-state index is 0.226. The van der Waals surface area contributed by atoms with E-state index in [1.165, 1.54) is 5.56 Å². The summed E-state index contributed by atoms with van der Waals surface area (Å²) in [6.07, 6.45) is 6.14. The molecule has 2 aromatic carbocycles. The Labute approximate surface area is 175 Å². The van der Waals surface area contributed by atoms with Crippen molar-refractivity contribution in [2.75, 3.05) is 10.6 Å². The van der Waals surface area contributed by atoms with Gasteiger partial charge in [-0.05, 0) is 62.4 Å². The average Bonchev–Trinajstić information content (AvgIpc) is 3.14. The second kappa shape index (κ2) is 7.63. The summed E-state index contributed by atoms with van der Waals surface area (Å²) in [5.41, 5.74) is 6.16. The van der Waals surface area contributed by atoms with Crippen LogP contribution in [-0.4, -0.2) is 20.5 Å². The van der Waals surface area contributed by atoms with Crippen molar-refractivity contribution in [3.63, 3.8) is 0 Å². The predicted octanol–water partition coefficient (Wildman–Crippen LogP) is 4.91. The Morgan fingerprint density at radius 2 is 1.73 bits per heavy atom. The quantitative estimate of drug-likeness (QED) is 0.513. The fourth-order valence-electron chi connectivity index (χ4n) is 3.93. The first-order valence-electron chi connectivity index (χ1n) is 10.3. The first-order chi connectivity index (χ1) is 14.7. The Morgan fingerprint density at radius 3 is 2.53 bits per heavy atom. The highest BCUT2D eigenvalue weighted by atomic mass is 16.1. The number of amides is 1. The van der Waals surface area contributed by atoms with Gasteiger partial charge in [0.25, 0.3) is 5.91 Å². The zero-order valence-electron chi connectivity index (χ0n) is 16.9. The van der Waals surface area contributed by atoms with Crippen LogP contribution < -0.4 is 10.6 Å². The number of hydrogen-bond donors (Lipinski definition) is 2. The summed E-state index contributed by atoms with van der Waals surface area (Å²) in [5, 5.41) is 11.1. The highest BCUT2D eigenvalue weighted by Gasteiger charge is 2.25. The van der Waals surface area contributed by atoms with Crippen molar-refractivity contribution in [2.24, 2.45) is 0 Å². The maximum absolute atomic E-state index is 13.3. The number of fused-ring (bicyclic) bond motifs is 3. The van der Waals surface area contributed by atoms with Crippen LogP contribution in [0.4, 0.5) is 17.2 Å². The highest BCUT2D eigenvalue weighted by Crippen LogP contribution is 2.28. The van der Waals surface area contributed by atoms with Crippen LogP contribution in [0, 0.1) is 6.92 Å². The van der Waals surface area contributed by atoms with Crippen molar-refractivity contribution in [1.82, 2.24) is 14.6 Å². The molecule has 6 nitrogen and oxygen atoms in total. The molecule has 2 heterocycles. The van der Waals surface area contributed by atoms with Crippen LogP contribution >= 0.6 is 0 Å². The van der Waals surface area contributed by atoms with Crippen molar-refractivity contribution in [2.45, 2.75) is 32.6 Å². The molecule has 5 rings (SSSR count). The molecule has 1 aliphatic carbocycles. The maximum atomic E-state index is 13.3. The molecule has 0 fully saturated rings. The third-order valence-electron chi connectivity index (χ3n) is 5.51. The first kappa shape index (κ1) is 18.4. The lowest BCUT2D eigenvalue weighted by Gasteiger charge is -2.15. The van der Waals surface area contributed by atoms with Crippen molar-refractivity contribution in [3.05, 3.63) is 83.2 Å². The fourth-order valence-corrected chi connectivity index (χ4v) is 3.93. The molecule has 6 heteroatoms. The number of carbonyl (C=O) groups is 1. The standard InChI is InChI=1S/C24H23N5O/c1-16-11-13-19(14-12-16)27-24(30)21-22(26-18-8-3-2-4-9-18)28-29-20-10-6-5-7-17(20)15-25-23(21)29/h2-4,8-9,11-15H,5-7,10H2,1H3,(H,26,28)(H,27,30). The van der Waals surface area contributed by atoms with Gasteiger partial charge in [-0.3, -0.25) is 4.79 Å². The van der Waals surface area contributed by atoms with Gasteiger partial charge in [0.15, 0.2) is 11.5 Å². The molecule has 2 aromatic heterocycles. The minimum Gasteiger partial charge on any atom is -0.338 e. The summed E-state index contributed by atoms with van der Waals surface area (Å²) in [6.45, 7) is 2.02. The smallest absolute Gasteiger partial charge is 0.263 e. The number of para-hydroxylation sites is 1. The Morgan fingerprint density at radius 1 is 0.967 bits per heavy atom.